The first kappa shape index (κ1) is 49.7. The van der Waals surface area contributed by atoms with Crippen LogP contribution in [0.4, 0.5) is 0 Å². The quantitative estimate of drug-likeness (QED) is 0.0253. The van der Waals surface area contributed by atoms with E-state index in [0.29, 0.717) is 17.4 Å². The summed E-state index contributed by atoms with van der Waals surface area (Å²) in [6.07, 6.45) is 40.6. The van der Waals surface area contributed by atoms with Crippen LogP contribution in [0, 0.1) is 0 Å². The Bertz CT molecular complexity index is 933. The van der Waals surface area contributed by atoms with Gasteiger partial charge in [0.2, 0.25) is 5.91 Å². The molecule has 8 nitrogen and oxygen atoms in total. The molecule has 3 atom stereocenters. The third kappa shape index (κ3) is 36.9. The number of likely N-dealkylation sites (N-methyl/N-ethyl adjacent to an activating group) is 1. The molecule has 0 aromatic carbocycles. The Morgan fingerprint density at radius 1 is 0.667 bits per heavy atom. The second-order valence-electron chi connectivity index (χ2n) is 15.4. The summed E-state index contributed by atoms with van der Waals surface area (Å²) >= 11 is 0. The van der Waals surface area contributed by atoms with Crippen LogP contribution in [0.1, 0.15) is 174 Å². The van der Waals surface area contributed by atoms with Crippen LogP contribution in [0.25, 0.3) is 0 Å². The van der Waals surface area contributed by atoms with Crippen LogP contribution < -0.4 is 5.32 Å². The Morgan fingerprint density at radius 2 is 1.12 bits per heavy atom. The molecule has 0 aromatic rings. The lowest BCUT2D eigenvalue weighted by Gasteiger charge is -2.25. The van der Waals surface area contributed by atoms with Gasteiger partial charge in [0.25, 0.3) is 0 Å². The average molecular weight is 742 g/mol. The molecule has 0 aliphatic carbocycles. The molecule has 0 aliphatic heterocycles. The number of hydrogen-bond acceptors (Lipinski definition) is 5. The van der Waals surface area contributed by atoms with Gasteiger partial charge in [-0.25, -0.2) is 4.57 Å². The molecule has 0 bridgehead atoms. The average Bonchev–Trinajstić information content (AvgIpc) is 3.07. The van der Waals surface area contributed by atoms with Gasteiger partial charge in [-0.2, -0.15) is 0 Å². The summed E-state index contributed by atoms with van der Waals surface area (Å²) in [7, 11) is 1.56. The Balaban J connectivity index is 4.38. The number of nitrogens with zero attached hydrogens (tertiary/aromatic N) is 1. The first-order valence-electron chi connectivity index (χ1n) is 20.9. The smallest absolute Gasteiger partial charge is 0.387 e. The summed E-state index contributed by atoms with van der Waals surface area (Å²) < 4.78 is 23.5. The molecular weight excluding hydrogens is 659 g/mol. The molecular formula is C42H82N2O6P+. The maximum atomic E-state index is 12.8. The van der Waals surface area contributed by atoms with E-state index in [-0.39, 0.29) is 19.1 Å². The lowest BCUT2D eigenvalue weighted by Crippen LogP contribution is -2.45. The van der Waals surface area contributed by atoms with Crippen LogP contribution >= 0.6 is 7.82 Å². The van der Waals surface area contributed by atoms with Gasteiger partial charge >= 0.3 is 7.82 Å². The monoisotopic (exact) mass is 742 g/mol. The van der Waals surface area contributed by atoms with E-state index in [1.54, 1.807) is 6.08 Å². The standard InChI is InChI=1S/C42H81N2O6P/c1-6-8-10-12-14-16-18-19-20-21-22-23-24-25-26-28-30-32-34-36-42(46)43-40(39-50-51(47,48)49-38-37-44(3,4)5)41(45)35-33-31-29-27-17-15-13-11-9-7-2/h14,16,19-20,33,35,40-41,45H,6-13,15,17-18,21-32,34,36-39H2,1-5H3,(H-,43,46,47,48)/p+1/b16-14-,20-19-,35-33+. The Labute approximate surface area is 315 Å². The second kappa shape index (κ2) is 34.5. The van der Waals surface area contributed by atoms with Gasteiger partial charge < -0.3 is 19.8 Å². The minimum Gasteiger partial charge on any atom is -0.387 e. The summed E-state index contributed by atoms with van der Waals surface area (Å²) in [5.74, 6) is -0.185. The number of phosphoric acid groups is 1. The normalized spacial score (nSPS) is 14.9. The van der Waals surface area contributed by atoms with Gasteiger partial charge in [-0.15, -0.1) is 0 Å². The van der Waals surface area contributed by atoms with Crippen molar-refractivity contribution < 1.29 is 32.9 Å². The molecule has 0 saturated carbocycles. The predicted molar refractivity (Wildman–Crippen MR) is 217 cm³/mol. The zero-order valence-corrected chi connectivity index (χ0v) is 34.7. The summed E-state index contributed by atoms with van der Waals surface area (Å²) in [6, 6.07) is -0.845. The fraction of sp³-hybridized carbons (Fsp3) is 0.833. The van der Waals surface area contributed by atoms with Gasteiger partial charge in [0.15, 0.2) is 0 Å². The second-order valence-corrected chi connectivity index (χ2v) is 16.8. The lowest BCUT2D eigenvalue weighted by molar-refractivity contribution is -0.870. The summed E-state index contributed by atoms with van der Waals surface area (Å²) in [4.78, 5) is 23.0. The van der Waals surface area contributed by atoms with Crippen molar-refractivity contribution in [3.8, 4) is 0 Å². The lowest BCUT2D eigenvalue weighted by atomic mass is 10.0. The molecule has 9 heteroatoms. The first-order valence-corrected chi connectivity index (χ1v) is 22.4. The third-order valence-electron chi connectivity index (χ3n) is 9.10. The van der Waals surface area contributed by atoms with Crippen molar-refractivity contribution in [3.05, 3.63) is 36.5 Å². The third-order valence-corrected chi connectivity index (χ3v) is 10.1. The van der Waals surface area contributed by atoms with E-state index in [9.17, 15) is 19.4 Å². The van der Waals surface area contributed by atoms with E-state index in [0.717, 1.165) is 44.9 Å². The van der Waals surface area contributed by atoms with Crippen molar-refractivity contribution in [2.24, 2.45) is 0 Å². The van der Waals surface area contributed by atoms with Crippen molar-refractivity contribution in [3.63, 3.8) is 0 Å². The topological polar surface area (TPSA) is 105 Å². The number of aliphatic hydroxyl groups is 1. The van der Waals surface area contributed by atoms with Crippen LogP contribution in [0.3, 0.4) is 0 Å². The van der Waals surface area contributed by atoms with Gasteiger partial charge in [0.1, 0.15) is 13.2 Å². The highest BCUT2D eigenvalue weighted by Crippen LogP contribution is 2.43. The van der Waals surface area contributed by atoms with Gasteiger partial charge in [-0.1, -0.05) is 153 Å². The number of phosphoric ester groups is 1. The molecule has 300 valence electrons. The number of rotatable bonds is 37. The van der Waals surface area contributed by atoms with Crippen LogP contribution in [-0.2, 0) is 18.4 Å². The number of nitrogens with one attached hydrogen (secondary N) is 1. The molecule has 0 radical (unpaired) electrons. The number of aliphatic hydroxyl groups excluding tert-OH is 1. The minimum absolute atomic E-state index is 0.0601. The van der Waals surface area contributed by atoms with Crippen LogP contribution in [0.5, 0.6) is 0 Å². The Morgan fingerprint density at radius 3 is 1.65 bits per heavy atom. The van der Waals surface area contributed by atoms with E-state index in [1.807, 2.05) is 27.2 Å². The fourth-order valence-electron chi connectivity index (χ4n) is 5.72. The predicted octanol–water partition coefficient (Wildman–Crippen LogP) is 11.1. The van der Waals surface area contributed by atoms with Crippen molar-refractivity contribution in [1.29, 1.82) is 0 Å². The molecule has 0 rings (SSSR count). The molecule has 1 amide bonds. The van der Waals surface area contributed by atoms with E-state index < -0.39 is 20.0 Å². The Hall–Kier alpha value is -1.28. The molecule has 3 unspecified atom stereocenters. The van der Waals surface area contributed by atoms with Gasteiger partial charge in [-0.05, 0) is 51.4 Å². The molecule has 3 N–H and O–H groups in total. The van der Waals surface area contributed by atoms with Gasteiger partial charge in [-0.3, -0.25) is 13.8 Å². The maximum absolute atomic E-state index is 12.8. The number of allylic oxidation sites excluding steroid dienone is 5. The molecule has 0 aromatic heterocycles. The van der Waals surface area contributed by atoms with Crippen molar-refractivity contribution in [1.82, 2.24) is 5.32 Å². The summed E-state index contributed by atoms with van der Waals surface area (Å²) in [6.45, 7) is 4.75. The Kier molecular flexibility index (Phi) is 33.6. The van der Waals surface area contributed by atoms with Gasteiger partial charge in [0, 0.05) is 6.42 Å². The zero-order valence-electron chi connectivity index (χ0n) is 33.8. The number of amides is 1. The van der Waals surface area contributed by atoms with Crippen molar-refractivity contribution in [2.75, 3.05) is 40.9 Å². The van der Waals surface area contributed by atoms with E-state index in [4.69, 9.17) is 9.05 Å². The fourth-order valence-corrected chi connectivity index (χ4v) is 6.45. The largest absolute Gasteiger partial charge is 0.472 e. The van der Waals surface area contributed by atoms with Gasteiger partial charge in [0.05, 0.1) is 39.9 Å². The molecule has 0 aliphatic rings. The molecule has 0 spiro atoms. The maximum Gasteiger partial charge on any atom is 0.472 e. The number of carbonyl (C=O) groups excluding carboxylic acids is 1. The molecule has 51 heavy (non-hydrogen) atoms. The minimum atomic E-state index is -4.33. The van der Waals surface area contributed by atoms with E-state index >= 15 is 0 Å². The highest BCUT2D eigenvalue weighted by Gasteiger charge is 2.27. The molecule has 0 heterocycles. The summed E-state index contributed by atoms with van der Waals surface area (Å²) in [5.41, 5.74) is 0. The van der Waals surface area contributed by atoms with Crippen molar-refractivity contribution >= 4 is 13.7 Å². The van der Waals surface area contributed by atoms with Crippen molar-refractivity contribution in [2.45, 2.75) is 187 Å². The van der Waals surface area contributed by atoms with Crippen LogP contribution in [0.2, 0.25) is 0 Å². The van der Waals surface area contributed by atoms with Crippen LogP contribution in [-0.4, -0.2) is 73.4 Å². The first-order chi connectivity index (χ1) is 24.5. The number of unbranched alkanes of at least 4 members (excludes halogenated alkanes) is 20. The SMILES string of the molecule is CCCCC/C=C\C/C=C\CCCCCCCCCCCC(=O)NC(COP(=O)(O)OCC[N+](C)(C)C)C(O)/C=C/CCCCCCCCCC. The highest BCUT2D eigenvalue weighted by molar-refractivity contribution is 7.47. The number of carbonyl (C=O) groups is 1. The number of quaternary nitrogens is 1. The van der Waals surface area contributed by atoms with Crippen LogP contribution in [0.15, 0.2) is 36.5 Å². The molecule has 0 saturated heterocycles. The molecule has 0 fully saturated rings. The van der Waals surface area contributed by atoms with E-state index in [2.05, 4.69) is 43.5 Å². The number of hydrogen-bond donors (Lipinski definition) is 3. The summed E-state index contributed by atoms with van der Waals surface area (Å²) in [5, 5.41) is 13.7. The van der Waals surface area contributed by atoms with E-state index in [1.165, 1.54) is 109 Å². The highest BCUT2D eigenvalue weighted by atomic mass is 31.2. The zero-order chi connectivity index (χ0) is 37.9.